The molecule has 6 nitrogen and oxygen atoms in total. The van der Waals surface area contributed by atoms with Gasteiger partial charge in [-0.1, -0.05) is 0 Å². The van der Waals surface area contributed by atoms with E-state index in [1.165, 1.54) is 43.6 Å². The van der Waals surface area contributed by atoms with E-state index in [4.69, 9.17) is 4.74 Å². The second-order valence-electron chi connectivity index (χ2n) is 4.66. The number of sulfonamides is 1. The van der Waals surface area contributed by atoms with E-state index in [1.807, 2.05) is 0 Å². The van der Waals surface area contributed by atoms with Gasteiger partial charge in [-0.2, -0.15) is 4.31 Å². The van der Waals surface area contributed by atoms with E-state index in [0.717, 1.165) is 0 Å². The largest absolute Gasteiger partial charge is 0.495 e. The highest BCUT2D eigenvalue weighted by Crippen LogP contribution is 2.29. The number of benzene rings is 1. The first-order valence-corrected chi connectivity index (χ1v) is 7.57. The molecule has 0 bridgehead atoms. The fourth-order valence-corrected chi connectivity index (χ4v) is 2.95. The Hall–Kier alpha value is -1.60. The molecular formula is C13H20N2O4S. The van der Waals surface area contributed by atoms with Gasteiger partial charge in [-0.3, -0.25) is 4.79 Å². The van der Waals surface area contributed by atoms with Crippen LogP contribution in [-0.4, -0.2) is 38.8 Å². The van der Waals surface area contributed by atoms with E-state index in [0.29, 0.717) is 11.4 Å². The second-order valence-corrected chi connectivity index (χ2v) is 6.66. The molecule has 0 spiro atoms. The summed E-state index contributed by atoms with van der Waals surface area (Å²) < 4.78 is 31.1. The highest BCUT2D eigenvalue weighted by atomic mass is 32.2. The first-order valence-electron chi connectivity index (χ1n) is 6.13. The van der Waals surface area contributed by atoms with Crippen LogP contribution in [0.4, 0.5) is 5.69 Å². The van der Waals surface area contributed by atoms with E-state index in [9.17, 15) is 13.2 Å². The zero-order chi connectivity index (χ0) is 15.5. The van der Waals surface area contributed by atoms with E-state index in [-0.39, 0.29) is 16.8 Å². The number of carbonyl (C=O) groups excluding carboxylic acids is 1. The molecule has 0 atom stereocenters. The third-order valence-electron chi connectivity index (χ3n) is 2.89. The lowest BCUT2D eigenvalue weighted by Gasteiger charge is -2.21. The average Bonchev–Trinajstić information content (AvgIpc) is 2.37. The Labute approximate surface area is 119 Å². The number of nitrogens with one attached hydrogen (secondary N) is 1. The molecule has 0 unspecified atom stereocenters. The lowest BCUT2D eigenvalue weighted by molar-refractivity contribution is -0.114. The van der Waals surface area contributed by atoms with Crippen molar-refractivity contribution in [2.45, 2.75) is 31.7 Å². The smallest absolute Gasteiger partial charge is 0.243 e. The maximum Gasteiger partial charge on any atom is 0.243 e. The van der Waals surface area contributed by atoms with Crippen LogP contribution in [0.1, 0.15) is 20.8 Å². The summed E-state index contributed by atoms with van der Waals surface area (Å²) in [6.07, 6.45) is 0. The van der Waals surface area contributed by atoms with Gasteiger partial charge in [0.05, 0.1) is 17.7 Å². The SMILES string of the molecule is COc1cc(S(=O)(=O)N(C)C(C)C)ccc1NC(C)=O. The Balaban J connectivity index is 3.25. The minimum Gasteiger partial charge on any atom is -0.495 e. The quantitative estimate of drug-likeness (QED) is 0.897. The topological polar surface area (TPSA) is 75.7 Å². The molecule has 7 heteroatoms. The van der Waals surface area contributed by atoms with Gasteiger partial charge in [0, 0.05) is 26.1 Å². The van der Waals surface area contributed by atoms with Crippen LogP contribution >= 0.6 is 0 Å². The van der Waals surface area contributed by atoms with Crippen LogP contribution in [0.2, 0.25) is 0 Å². The Kier molecular flexibility index (Phi) is 5.13. The van der Waals surface area contributed by atoms with E-state index in [2.05, 4.69) is 5.32 Å². The van der Waals surface area contributed by atoms with Gasteiger partial charge in [-0.05, 0) is 26.0 Å². The monoisotopic (exact) mass is 300 g/mol. The summed E-state index contributed by atoms with van der Waals surface area (Å²) in [4.78, 5) is 11.2. The number of amides is 1. The number of hydrogen-bond acceptors (Lipinski definition) is 4. The molecule has 1 aromatic carbocycles. The van der Waals surface area contributed by atoms with Crippen LogP contribution in [0.25, 0.3) is 0 Å². The lowest BCUT2D eigenvalue weighted by atomic mass is 10.3. The first kappa shape index (κ1) is 16.5. The van der Waals surface area contributed by atoms with Gasteiger partial charge in [-0.25, -0.2) is 8.42 Å². The molecule has 0 saturated carbocycles. The predicted molar refractivity (Wildman–Crippen MR) is 77.4 cm³/mol. The van der Waals surface area contributed by atoms with Crippen molar-refractivity contribution in [1.82, 2.24) is 4.31 Å². The van der Waals surface area contributed by atoms with Crippen LogP contribution in [-0.2, 0) is 14.8 Å². The molecule has 1 amide bonds. The molecule has 0 aliphatic rings. The second kappa shape index (κ2) is 6.23. The minimum atomic E-state index is -3.58. The van der Waals surface area contributed by atoms with E-state index >= 15 is 0 Å². The molecule has 0 heterocycles. The first-order chi connectivity index (χ1) is 9.20. The Morgan fingerprint density at radius 1 is 1.35 bits per heavy atom. The molecule has 1 N–H and O–H groups in total. The number of rotatable bonds is 5. The van der Waals surface area contributed by atoms with Crippen molar-refractivity contribution in [2.75, 3.05) is 19.5 Å². The van der Waals surface area contributed by atoms with Crippen molar-refractivity contribution < 1.29 is 17.9 Å². The third kappa shape index (κ3) is 3.49. The number of nitrogens with zero attached hydrogens (tertiary/aromatic N) is 1. The molecule has 112 valence electrons. The molecule has 0 saturated heterocycles. The minimum absolute atomic E-state index is 0.125. The molecule has 0 fully saturated rings. The summed E-state index contributed by atoms with van der Waals surface area (Å²) in [7, 11) is -0.634. The van der Waals surface area contributed by atoms with Crippen molar-refractivity contribution in [3.63, 3.8) is 0 Å². The van der Waals surface area contributed by atoms with Gasteiger partial charge in [0.15, 0.2) is 0 Å². The fourth-order valence-electron chi connectivity index (χ4n) is 1.57. The molecule has 0 radical (unpaired) electrons. The van der Waals surface area contributed by atoms with Crippen LogP contribution in [0.5, 0.6) is 5.75 Å². The van der Waals surface area contributed by atoms with Crippen LogP contribution in [0.3, 0.4) is 0 Å². The molecule has 1 aromatic rings. The molecular weight excluding hydrogens is 280 g/mol. The van der Waals surface area contributed by atoms with Crippen molar-refractivity contribution in [1.29, 1.82) is 0 Å². The Morgan fingerprint density at radius 3 is 2.40 bits per heavy atom. The predicted octanol–water partition coefficient (Wildman–Crippen LogP) is 1.68. The summed E-state index contributed by atoms with van der Waals surface area (Å²) in [5.74, 6) is 0.0524. The number of carbonyl (C=O) groups is 1. The average molecular weight is 300 g/mol. The summed E-state index contributed by atoms with van der Waals surface area (Å²) >= 11 is 0. The van der Waals surface area contributed by atoms with E-state index < -0.39 is 10.0 Å². The van der Waals surface area contributed by atoms with Gasteiger partial charge < -0.3 is 10.1 Å². The molecule has 0 aliphatic heterocycles. The van der Waals surface area contributed by atoms with Crippen molar-refractivity contribution in [2.24, 2.45) is 0 Å². The fraction of sp³-hybridized carbons (Fsp3) is 0.462. The van der Waals surface area contributed by atoms with Gasteiger partial charge >= 0.3 is 0 Å². The van der Waals surface area contributed by atoms with Gasteiger partial charge in [-0.15, -0.1) is 0 Å². The highest BCUT2D eigenvalue weighted by Gasteiger charge is 2.24. The van der Waals surface area contributed by atoms with Crippen molar-refractivity contribution in [3.8, 4) is 5.75 Å². The van der Waals surface area contributed by atoms with Gasteiger partial charge in [0.2, 0.25) is 15.9 Å². The van der Waals surface area contributed by atoms with Crippen molar-refractivity contribution in [3.05, 3.63) is 18.2 Å². The highest BCUT2D eigenvalue weighted by molar-refractivity contribution is 7.89. The molecule has 0 aromatic heterocycles. The summed E-state index contributed by atoms with van der Waals surface area (Å²) in [5, 5.41) is 2.58. The zero-order valence-corrected chi connectivity index (χ0v) is 13.1. The Morgan fingerprint density at radius 2 is 1.95 bits per heavy atom. The van der Waals surface area contributed by atoms with Crippen molar-refractivity contribution >= 4 is 21.6 Å². The number of ether oxygens (including phenoxy) is 1. The number of hydrogen-bond donors (Lipinski definition) is 1. The number of anilines is 1. The normalized spacial score (nSPS) is 11.8. The van der Waals surface area contributed by atoms with Crippen LogP contribution in [0, 0.1) is 0 Å². The standard InChI is InChI=1S/C13H20N2O4S/c1-9(2)15(4)20(17,18)11-6-7-12(14-10(3)16)13(8-11)19-5/h6-9H,1-5H3,(H,14,16). The molecule has 20 heavy (non-hydrogen) atoms. The number of methoxy groups -OCH3 is 1. The van der Waals surface area contributed by atoms with Crippen LogP contribution < -0.4 is 10.1 Å². The summed E-state index contributed by atoms with van der Waals surface area (Å²) in [6.45, 7) is 4.96. The molecule has 1 rings (SSSR count). The molecule has 0 aliphatic carbocycles. The summed E-state index contributed by atoms with van der Waals surface area (Å²) in [5.41, 5.74) is 0.436. The van der Waals surface area contributed by atoms with Gasteiger partial charge in [0.1, 0.15) is 5.75 Å². The maximum atomic E-state index is 12.4. The lowest BCUT2D eigenvalue weighted by Crippen LogP contribution is -2.33. The van der Waals surface area contributed by atoms with Gasteiger partial charge in [0.25, 0.3) is 0 Å². The van der Waals surface area contributed by atoms with E-state index in [1.54, 1.807) is 13.8 Å². The third-order valence-corrected chi connectivity index (χ3v) is 4.92. The van der Waals surface area contributed by atoms with Crippen LogP contribution in [0.15, 0.2) is 23.1 Å². The zero-order valence-electron chi connectivity index (χ0n) is 12.3. The maximum absolute atomic E-state index is 12.4. The Bertz CT molecular complexity index is 596. The summed E-state index contributed by atoms with van der Waals surface area (Å²) in [6, 6.07) is 4.21.